The van der Waals surface area contributed by atoms with Gasteiger partial charge in [0.25, 0.3) is 0 Å². The lowest BCUT2D eigenvalue weighted by Gasteiger charge is -2.33. The van der Waals surface area contributed by atoms with Crippen LogP contribution < -0.4 is 0 Å². The van der Waals surface area contributed by atoms with Gasteiger partial charge in [-0.2, -0.15) is 0 Å². The van der Waals surface area contributed by atoms with Crippen LogP contribution in [0.5, 0.6) is 0 Å². The number of hydrogen-bond acceptors (Lipinski definition) is 4. The van der Waals surface area contributed by atoms with E-state index in [0.717, 1.165) is 28.2 Å². The molecule has 5 heteroatoms. The predicted octanol–water partition coefficient (Wildman–Crippen LogP) is 4.20. The molecule has 2 aromatic heterocycles. The second kappa shape index (κ2) is 6.78. The van der Waals surface area contributed by atoms with Crippen LogP contribution in [0.15, 0.2) is 85.1 Å². The highest BCUT2D eigenvalue weighted by Crippen LogP contribution is 2.41. The molecule has 0 unspecified atom stereocenters. The van der Waals surface area contributed by atoms with Crippen LogP contribution in [0.25, 0.3) is 11.4 Å². The van der Waals surface area contributed by atoms with E-state index >= 15 is 0 Å². The van der Waals surface area contributed by atoms with E-state index in [-0.39, 0.29) is 12.1 Å². The van der Waals surface area contributed by atoms with E-state index in [1.54, 1.807) is 6.20 Å². The summed E-state index contributed by atoms with van der Waals surface area (Å²) in [7, 11) is 0. The van der Waals surface area contributed by atoms with Gasteiger partial charge < -0.3 is 4.74 Å². The number of nitrogens with zero attached hydrogens (tertiary/aromatic N) is 4. The smallest absolute Gasteiger partial charge is 0.137 e. The zero-order valence-electron chi connectivity index (χ0n) is 14.6. The molecular weight excluding hydrogens is 336 g/mol. The fraction of sp³-hybridized carbons (Fsp3) is 0.136. The summed E-state index contributed by atoms with van der Waals surface area (Å²) in [6.07, 6.45) is 1.64. The van der Waals surface area contributed by atoms with E-state index in [1.165, 1.54) is 0 Å². The normalized spacial score (nSPS) is 18.8. The van der Waals surface area contributed by atoms with Crippen molar-refractivity contribution in [3.63, 3.8) is 0 Å². The number of benzene rings is 2. The second-order valence-electron chi connectivity index (χ2n) is 6.54. The number of fused-ring (bicyclic) bond motifs is 1. The van der Waals surface area contributed by atoms with Crippen LogP contribution in [0.4, 0.5) is 0 Å². The van der Waals surface area contributed by atoms with E-state index in [1.807, 2.05) is 59.3 Å². The summed E-state index contributed by atoms with van der Waals surface area (Å²) in [4.78, 5) is 4.43. The fourth-order valence-corrected chi connectivity index (χ4v) is 3.65. The van der Waals surface area contributed by atoms with E-state index in [9.17, 15) is 0 Å². The van der Waals surface area contributed by atoms with Crippen molar-refractivity contribution in [2.24, 2.45) is 0 Å². The van der Waals surface area contributed by atoms with Crippen LogP contribution >= 0.6 is 0 Å². The van der Waals surface area contributed by atoms with Gasteiger partial charge in [0, 0.05) is 6.20 Å². The molecule has 2 aromatic carbocycles. The van der Waals surface area contributed by atoms with Gasteiger partial charge in [0.1, 0.15) is 17.8 Å². The summed E-state index contributed by atoms with van der Waals surface area (Å²) in [5, 5.41) is 8.96. The molecule has 0 N–H and O–H groups in total. The number of rotatable bonds is 3. The molecule has 1 aliphatic rings. The van der Waals surface area contributed by atoms with Crippen molar-refractivity contribution in [1.82, 2.24) is 20.0 Å². The lowest BCUT2D eigenvalue weighted by molar-refractivity contribution is -0.0179. The summed E-state index contributed by atoms with van der Waals surface area (Å²) >= 11 is 0. The minimum atomic E-state index is -0.126. The third-order valence-electron chi connectivity index (χ3n) is 4.92. The molecule has 0 spiro atoms. The fourth-order valence-electron chi connectivity index (χ4n) is 3.65. The topological polar surface area (TPSA) is 52.8 Å². The maximum absolute atomic E-state index is 6.35. The number of pyridine rings is 1. The molecule has 0 bridgehead atoms. The molecule has 0 fully saturated rings. The van der Waals surface area contributed by atoms with Gasteiger partial charge in [-0.15, -0.1) is 5.10 Å². The van der Waals surface area contributed by atoms with Gasteiger partial charge in [-0.25, -0.2) is 4.68 Å². The third-order valence-corrected chi connectivity index (χ3v) is 4.92. The SMILES string of the molecule is c1ccc([C@H]2OCc3c(-c4ccccn4)nnn3[C@H]2c2ccccc2)cc1. The number of ether oxygens (including phenoxy) is 1. The summed E-state index contributed by atoms with van der Waals surface area (Å²) in [5.74, 6) is 0. The molecule has 0 radical (unpaired) electrons. The van der Waals surface area contributed by atoms with Crippen molar-refractivity contribution in [3.8, 4) is 11.4 Å². The maximum Gasteiger partial charge on any atom is 0.137 e. The molecule has 132 valence electrons. The first-order chi connectivity index (χ1) is 13.4. The van der Waals surface area contributed by atoms with Crippen LogP contribution in [0.1, 0.15) is 29.0 Å². The van der Waals surface area contributed by atoms with Crippen LogP contribution in [-0.2, 0) is 11.3 Å². The maximum atomic E-state index is 6.35. The van der Waals surface area contributed by atoms with Gasteiger partial charge in [-0.05, 0) is 23.3 Å². The van der Waals surface area contributed by atoms with Crippen LogP contribution in [-0.4, -0.2) is 20.0 Å². The summed E-state index contributed by atoms with van der Waals surface area (Å²) in [5.41, 5.74) is 4.82. The van der Waals surface area contributed by atoms with Crippen molar-refractivity contribution >= 4 is 0 Å². The van der Waals surface area contributed by atoms with Gasteiger partial charge in [0.05, 0.1) is 18.0 Å². The van der Waals surface area contributed by atoms with Crippen LogP contribution in [0.3, 0.4) is 0 Å². The molecule has 27 heavy (non-hydrogen) atoms. The first-order valence-corrected chi connectivity index (χ1v) is 8.99. The Labute approximate surface area is 157 Å². The molecule has 3 heterocycles. The Morgan fingerprint density at radius 1 is 0.815 bits per heavy atom. The zero-order valence-corrected chi connectivity index (χ0v) is 14.6. The molecule has 4 aromatic rings. The lowest BCUT2D eigenvalue weighted by atomic mass is 9.94. The Bertz CT molecular complexity index is 1030. The molecule has 0 aliphatic carbocycles. The highest BCUT2D eigenvalue weighted by Gasteiger charge is 2.35. The third kappa shape index (κ3) is 2.82. The Balaban J connectivity index is 1.65. The number of hydrogen-bond donors (Lipinski definition) is 0. The molecule has 0 saturated carbocycles. The summed E-state index contributed by atoms with van der Waals surface area (Å²) < 4.78 is 8.35. The predicted molar refractivity (Wildman–Crippen MR) is 102 cm³/mol. The Hall–Kier alpha value is -3.31. The number of aromatic nitrogens is 4. The van der Waals surface area contributed by atoms with Crippen molar-refractivity contribution in [1.29, 1.82) is 0 Å². The quantitative estimate of drug-likeness (QED) is 0.553. The zero-order chi connectivity index (χ0) is 18.1. The standard InChI is InChI=1S/C22H18N4O/c1-3-9-16(10-4-1)21-22(17-11-5-2-6-12-17)27-15-19-20(24-25-26(19)21)18-13-7-8-14-23-18/h1-14,21-22H,15H2/t21-,22+/m0/s1. The van der Waals surface area contributed by atoms with E-state index in [0.29, 0.717) is 6.61 Å². The minimum Gasteiger partial charge on any atom is -0.365 e. The summed E-state index contributed by atoms with van der Waals surface area (Å²) in [6.45, 7) is 0.446. The van der Waals surface area contributed by atoms with Gasteiger partial charge in [-0.1, -0.05) is 71.9 Å². The molecule has 2 atom stereocenters. The van der Waals surface area contributed by atoms with Crippen molar-refractivity contribution in [2.75, 3.05) is 0 Å². The Morgan fingerprint density at radius 2 is 1.52 bits per heavy atom. The van der Waals surface area contributed by atoms with E-state index < -0.39 is 0 Å². The Kier molecular flexibility index (Phi) is 3.99. The van der Waals surface area contributed by atoms with E-state index in [4.69, 9.17) is 4.74 Å². The average molecular weight is 354 g/mol. The first-order valence-electron chi connectivity index (χ1n) is 8.99. The molecule has 5 nitrogen and oxygen atoms in total. The van der Waals surface area contributed by atoms with Crippen LogP contribution in [0.2, 0.25) is 0 Å². The van der Waals surface area contributed by atoms with E-state index in [2.05, 4.69) is 39.6 Å². The second-order valence-corrected chi connectivity index (χ2v) is 6.54. The average Bonchev–Trinajstić information content (AvgIpc) is 3.19. The lowest BCUT2D eigenvalue weighted by Crippen LogP contribution is -2.29. The van der Waals surface area contributed by atoms with Gasteiger partial charge in [0.2, 0.25) is 0 Å². The van der Waals surface area contributed by atoms with Gasteiger partial charge in [-0.3, -0.25) is 4.98 Å². The highest BCUT2D eigenvalue weighted by molar-refractivity contribution is 5.56. The largest absolute Gasteiger partial charge is 0.365 e. The molecule has 1 aliphatic heterocycles. The van der Waals surface area contributed by atoms with Crippen molar-refractivity contribution < 1.29 is 4.74 Å². The summed E-state index contributed by atoms with van der Waals surface area (Å²) in [6, 6.07) is 26.3. The van der Waals surface area contributed by atoms with Crippen molar-refractivity contribution in [3.05, 3.63) is 102 Å². The monoisotopic (exact) mass is 354 g/mol. The minimum absolute atomic E-state index is 0.0812. The van der Waals surface area contributed by atoms with Gasteiger partial charge in [0.15, 0.2) is 0 Å². The highest BCUT2D eigenvalue weighted by atomic mass is 16.5. The Morgan fingerprint density at radius 3 is 2.22 bits per heavy atom. The van der Waals surface area contributed by atoms with Gasteiger partial charge >= 0.3 is 0 Å². The first kappa shape index (κ1) is 15.9. The van der Waals surface area contributed by atoms with Crippen LogP contribution in [0, 0.1) is 0 Å². The molecular formula is C22H18N4O. The molecule has 5 rings (SSSR count). The van der Waals surface area contributed by atoms with Crippen molar-refractivity contribution in [2.45, 2.75) is 18.8 Å². The molecule has 0 amide bonds. The molecule has 0 saturated heterocycles.